The fourth-order valence-corrected chi connectivity index (χ4v) is 10.6. The van der Waals surface area contributed by atoms with E-state index in [9.17, 15) is 14.4 Å². The van der Waals surface area contributed by atoms with Gasteiger partial charge in [-0.15, -0.1) is 6.58 Å². The Hall–Kier alpha value is -6.13. The van der Waals surface area contributed by atoms with E-state index in [1.165, 1.54) is 17.3 Å². The maximum Gasteiger partial charge on any atom is 0.278 e. The molecule has 5 aromatic rings. The van der Waals surface area contributed by atoms with E-state index < -0.39 is 6.04 Å². The number of benzene rings is 2. The molecule has 64 heavy (non-hydrogen) atoms. The number of carbonyl (C=O) groups excluding carboxylic acids is 2. The second-order valence-corrected chi connectivity index (χ2v) is 18.0. The van der Waals surface area contributed by atoms with Crippen molar-refractivity contribution in [1.29, 1.82) is 0 Å². The Morgan fingerprint density at radius 2 is 1.72 bits per heavy atom. The molecule has 0 bridgehead atoms. The molecule has 15 nitrogen and oxygen atoms in total. The number of nitrogens with one attached hydrogen (secondary N) is 3. The maximum atomic E-state index is 15.4. The van der Waals surface area contributed by atoms with Crippen LogP contribution in [0.5, 0.6) is 0 Å². The summed E-state index contributed by atoms with van der Waals surface area (Å²) in [5.41, 5.74) is 5.57. The summed E-state index contributed by atoms with van der Waals surface area (Å²) in [4.78, 5) is 58.9. The molecule has 10 rings (SSSR count). The molecule has 4 fully saturated rings. The van der Waals surface area contributed by atoms with Crippen molar-refractivity contribution in [2.24, 2.45) is 0 Å². The lowest BCUT2D eigenvalue weighted by Crippen LogP contribution is -2.60. The molecule has 2 atom stereocenters. The van der Waals surface area contributed by atoms with Gasteiger partial charge in [0.25, 0.3) is 5.56 Å². The molecule has 334 valence electrons. The van der Waals surface area contributed by atoms with Crippen LogP contribution in [0.25, 0.3) is 16.9 Å². The molecule has 4 aliphatic heterocycles. The first-order valence-corrected chi connectivity index (χ1v) is 22.9. The zero-order valence-electron chi connectivity index (χ0n) is 36.4. The highest BCUT2D eigenvalue weighted by Crippen LogP contribution is 2.37. The van der Waals surface area contributed by atoms with Gasteiger partial charge in [0.2, 0.25) is 17.8 Å². The topological polar surface area (TPSA) is 155 Å². The molecule has 1 spiro atoms. The van der Waals surface area contributed by atoms with Crippen molar-refractivity contribution in [3.63, 3.8) is 0 Å². The van der Waals surface area contributed by atoms with Crippen molar-refractivity contribution in [2.75, 3.05) is 66.3 Å². The number of anilines is 5. The van der Waals surface area contributed by atoms with Crippen LogP contribution in [-0.4, -0.2) is 105 Å². The maximum absolute atomic E-state index is 15.4. The van der Waals surface area contributed by atoms with Crippen molar-refractivity contribution < 1.29 is 18.7 Å². The first-order valence-electron chi connectivity index (χ1n) is 22.9. The van der Waals surface area contributed by atoms with Gasteiger partial charge in [0.05, 0.1) is 24.4 Å². The molecule has 7 heterocycles. The molecule has 2 unspecified atom stereocenters. The molecule has 0 saturated carbocycles. The number of rotatable bonds is 11. The number of aryl methyl sites for hydroxylation is 1. The van der Waals surface area contributed by atoms with Crippen LogP contribution in [0.1, 0.15) is 75.5 Å². The fraction of sp³-hybridized carbons (Fsp3) is 0.458. The SMILES string of the molecule is C=CCn1c(=O)c2cnc(Nc3ccc(N4CCC(N5CCOC6(CCN(c7ccc(NC8CCC(=O)NC8=O)cc7F)CC6)C5)CC4)cc3)nc2n1-c1ccc2c(n1)C(CC)CC2. The molecule has 0 radical (unpaired) electrons. The zero-order chi connectivity index (χ0) is 44.0. The summed E-state index contributed by atoms with van der Waals surface area (Å²) in [6.45, 7) is 12.2. The molecular weight excluding hydrogens is 814 g/mol. The van der Waals surface area contributed by atoms with Gasteiger partial charge >= 0.3 is 0 Å². The summed E-state index contributed by atoms with van der Waals surface area (Å²) in [5.74, 6) is 0.492. The molecule has 1 aliphatic carbocycles. The van der Waals surface area contributed by atoms with E-state index in [-0.39, 0.29) is 35.2 Å². The first-order chi connectivity index (χ1) is 31.2. The van der Waals surface area contributed by atoms with E-state index in [1.807, 2.05) is 6.07 Å². The van der Waals surface area contributed by atoms with Gasteiger partial charge in [0, 0.05) is 86.6 Å². The molecule has 5 aliphatic rings. The minimum absolute atomic E-state index is 0.181. The normalized spacial score (nSPS) is 21.6. The van der Waals surface area contributed by atoms with Crippen molar-refractivity contribution in [1.82, 2.24) is 34.5 Å². The quantitative estimate of drug-likeness (QED) is 0.105. The predicted molar refractivity (Wildman–Crippen MR) is 245 cm³/mol. The van der Waals surface area contributed by atoms with Crippen LogP contribution in [0.4, 0.5) is 33.1 Å². The Kier molecular flexibility index (Phi) is 11.4. The van der Waals surface area contributed by atoms with Crippen LogP contribution in [-0.2, 0) is 27.3 Å². The summed E-state index contributed by atoms with van der Waals surface area (Å²) >= 11 is 0. The molecule has 2 aromatic carbocycles. The summed E-state index contributed by atoms with van der Waals surface area (Å²) in [5, 5.41) is 9.21. The van der Waals surface area contributed by atoms with Gasteiger partial charge in [-0.3, -0.25) is 24.6 Å². The number of imide groups is 1. The largest absolute Gasteiger partial charge is 0.374 e. The van der Waals surface area contributed by atoms with Crippen LogP contribution in [0.15, 0.2) is 78.2 Å². The molecule has 3 N–H and O–H groups in total. The highest BCUT2D eigenvalue weighted by Gasteiger charge is 2.42. The Balaban J connectivity index is 0.742. The van der Waals surface area contributed by atoms with Crippen LogP contribution >= 0.6 is 0 Å². The number of hydrogen-bond donors (Lipinski definition) is 3. The number of hydrogen-bond acceptors (Lipinski definition) is 12. The van der Waals surface area contributed by atoms with Crippen molar-refractivity contribution in [2.45, 2.75) is 94.9 Å². The monoisotopic (exact) mass is 869 g/mol. The van der Waals surface area contributed by atoms with E-state index in [1.54, 1.807) is 33.8 Å². The fourth-order valence-electron chi connectivity index (χ4n) is 10.6. The lowest BCUT2D eigenvalue weighted by atomic mass is 9.87. The van der Waals surface area contributed by atoms with Crippen LogP contribution in [0.3, 0.4) is 0 Å². The number of aromatic nitrogens is 5. The van der Waals surface area contributed by atoms with Gasteiger partial charge in [-0.25, -0.2) is 23.7 Å². The highest BCUT2D eigenvalue weighted by atomic mass is 19.1. The van der Waals surface area contributed by atoms with Crippen molar-refractivity contribution in [3.8, 4) is 5.82 Å². The van der Waals surface area contributed by atoms with E-state index >= 15 is 4.39 Å². The first kappa shape index (κ1) is 41.9. The van der Waals surface area contributed by atoms with Gasteiger partial charge in [0.15, 0.2) is 11.5 Å². The molecule has 16 heteroatoms. The number of nitrogens with zero attached hydrogens (tertiary/aromatic N) is 8. The Morgan fingerprint density at radius 1 is 0.922 bits per heavy atom. The van der Waals surface area contributed by atoms with E-state index in [4.69, 9.17) is 14.7 Å². The lowest BCUT2D eigenvalue weighted by Gasteiger charge is -2.50. The van der Waals surface area contributed by atoms with Gasteiger partial charge in [0.1, 0.15) is 17.2 Å². The summed E-state index contributed by atoms with van der Waals surface area (Å²) in [6.07, 6.45) is 10.9. The minimum atomic E-state index is -0.559. The van der Waals surface area contributed by atoms with E-state index in [2.05, 4.69) is 79.5 Å². The molecule has 2 amide bonds. The van der Waals surface area contributed by atoms with Crippen LogP contribution in [0.2, 0.25) is 0 Å². The Bertz CT molecular complexity index is 2630. The van der Waals surface area contributed by atoms with Crippen LogP contribution < -0.4 is 31.3 Å². The zero-order valence-corrected chi connectivity index (χ0v) is 36.4. The second-order valence-electron chi connectivity index (χ2n) is 18.0. The van der Waals surface area contributed by atoms with E-state index in [0.29, 0.717) is 78.8 Å². The number of ether oxygens (including phenoxy) is 1. The predicted octanol–water partition coefficient (Wildman–Crippen LogP) is 6.04. The number of allylic oxidation sites excluding steroid dienone is 1. The van der Waals surface area contributed by atoms with Gasteiger partial charge in [-0.05, 0) is 105 Å². The Labute approximate surface area is 371 Å². The number of piperidine rings is 3. The third-order valence-corrected chi connectivity index (χ3v) is 14.1. The van der Waals surface area contributed by atoms with Crippen molar-refractivity contribution >= 4 is 51.5 Å². The molecule has 3 aromatic heterocycles. The summed E-state index contributed by atoms with van der Waals surface area (Å²) < 4.78 is 25.4. The van der Waals surface area contributed by atoms with Crippen LogP contribution in [0, 0.1) is 5.82 Å². The second kappa shape index (κ2) is 17.4. The third-order valence-electron chi connectivity index (χ3n) is 14.1. The number of fused-ring (bicyclic) bond motifs is 2. The summed E-state index contributed by atoms with van der Waals surface area (Å²) in [7, 11) is 0. The van der Waals surface area contributed by atoms with Gasteiger partial charge in [-0.2, -0.15) is 4.98 Å². The van der Waals surface area contributed by atoms with Gasteiger partial charge < -0.3 is 25.2 Å². The third kappa shape index (κ3) is 8.13. The molecular formula is C48H56FN11O4. The smallest absolute Gasteiger partial charge is 0.278 e. The lowest BCUT2D eigenvalue weighted by molar-refractivity contribution is -0.133. The van der Waals surface area contributed by atoms with E-state index in [0.717, 1.165) is 82.5 Å². The van der Waals surface area contributed by atoms with Gasteiger partial charge in [-0.1, -0.05) is 19.1 Å². The summed E-state index contributed by atoms with van der Waals surface area (Å²) in [6, 6.07) is 17.4. The minimum Gasteiger partial charge on any atom is -0.374 e. The number of pyridine rings is 1. The van der Waals surface area contributed by atoms with Crippen molar-refractivity contribution in [3.05, 3.63) is 101 Å². The molecule has 4 saturated heterocycles. The average molecular weight is 870 g/mol. The number of amides is 2. The number of halogens is 1. The number of morpholine rings is 1. The number of carbonyl (C=O) groups is 2. The average Bonchev–Trinajstić information content (AvgIpc) is 3.85. The highest BCUT2D eigenvalue weighted by molar-refractivity contribution is 6.01. The standard InChI is InChI=1S/C48H56FN11O4/c1-3-21-59-46(63)37-29-50-47(55-44(37)60(59)41-15-7-32-6-5-31(4-2)43(32)53-41)52-33-8-11-35(12-9-33)56-22-17-36(18-23-56)58-26-27-64-48(30-58)19-24-57(25-20-48)40-14-10-34(28-38(40)49)51-39-13-16-42(61)54-45(39)62/h3,7-12,14-15,28-29,31,36,39,51H,1,4-6,13,16-27,30H2,2H3,(H,50,52,55)(H,54,61,62). The Morgan fingerprint density at radius 3 is 2.47 bits per heavy atom.